The van der Waals surface area contributed by atoms with E-state index in [0.717, 1.165) is 46.7 Å². The molecule has 0 spiro atoms. The quantitative estimate of drug-likeness (QED) is 0.410. The summed E-state index contributed by atoms with van der Waals surface area (Å²) in [4.78, 5) is 16.9. The molecule has 3 N–H and O–H groups in total. The van der Waals surface area contributed by atoms with Crippen molar-refractivity contribution in [1.82, 2.24) is 10.3 Å². The number of unbranched alkanes of at least 4 members (excludes halogenated alkanes) is 2. The van der Waals surface area contributed by atoms with Gasteiger partial charge in [-0.3, -0.25) is 4.79 Å². The summed E-state index contributed by atoms with van der Waals surface area (Å²) in [6, 6.07) is 8.65. The fourth-order valence-electron chi connectivity index (χ4n) is 3.06. The van der Waals surface area contributed by atoms with Crippen LogP contribution >= 0.6 is 11.3 Å². The number of carbonyl (C=O) groups is 1. The number of carbonyl (C=O) groups excluding carboxylic acids is 1. The molecule has 1 amide bonds. The number of aromatic nitrogens is 1. The minimum absolute atomic E-state index is 0.0567. The Labute approximate surface area is 188 Å². The zero-order valence-corrected chi connectivity index (χ0v) is 19.7. The molecular weight excluding hydrogens is 438 g/mol. The molecule has 0 fully saturated rings. The number of rotatable bonds is 12. The van der Waals surface area contributed by atoms with E-state index in [1.54, 1.807) is 0 Å². The Kier molecular flexibility index (Phi) is 9.42. The molecule has 0 bridgehead atoms. The van der Waals surface area contributed by atoms with E-state index in [0.29, 0.717) is 12.8 Å². The predicted molar refractivity (Wildman–Crippen MR) is 123 cm³/mol. The fraction of sp³-hybridized carbons (Fsp3) is 0.524. The Morgan fingerprint density at radius 1 is 1.23 bits per heavy atom. The van der Waals surface area contributed by atoms with Crippen LogP contribution < -0.4 is 9.62 Å². The predicted octanol–water partition coefficient (Wildman–Crippen LogP) is 2.18. The first-order valence-corrected chi connectivity index (χ1v) is 13.0. The summed E-state index contributed by atoms with van der Waals surface area (Å²) in [5.74, 6) is -0.537. The van der Waals surface area contributed by atoms with E-state index in [1.165, 1.54) is 12.4 Å². The van der Waals surface area contributed by atoms with Crippen LogP contribution in [0.15, 0.2) is 35.7 Å². The second-order valence-corrected chi connectivity index (χ2v) is 10.4. The van der Waals surface area contributed by atoms with Crippen molar-refractivity contribution in [3.8, 4) is 0 Å². The van der Waals surface area contributed by atoms with Gasteiger partial charge in [0.15, 0.2) is 5.13 Å². The first-order chi connectivity index (χ1) is 14.6. The normalized spacial score (nSPS) is 14.6. The van der Waals surface area contributed by atoms with Gasteiger partial charge < -0.3 is 15.5 Å². The zero-order valence-electron chi connectivity index (χ0n) is 18.1. The highest BCUT2D eigenvalue weighted by Gasteiger charge is 2.29. The van der Waals surface area contributed by atoms with Gasteiger partial charge in [-0.2, -0.15) is 0 Å². The second kappa shape index (κ2) is 11.6. The highest BCUT2D eigenvalue weighted by atomic mass is 32.2. The Morgan fingerprint density at radius 2 is 1.90 bits per heavy atom. The van der Waals surface area contributed by atoms with Crippen molar-refractivity contribution in [2.75, 3.05) is 17.6 Å². The van der Waals surface area contributed by atoms with Crippen LogP contribution in [0.5, 0.6) is 0 Å². The molecule has 3 atom stereocenters. The smallest absolute Gasteiger partial charge is 0.271 e. The standard InChI is InChI=1S/C21H31N3O5S2/c1-4-5-7-12-18(25)19(26)16(13-15-10-8-6-9-11-15)22-20(27)17-14-30-21(23-17)24(2)31(3,28)29/h6,8-11,14,16,18-19,25-26H,4-5,7,12-13H2,1-3H3,(H,22,27). The fourth-order valence-corrected chi connectivity index (χ4v) is 4.60. The summed E-state index contributed by atoms with van der Waals surface area (Å²) in [5.41, 5.74) is 0.963. The molecule has 172 valence electrons. The molecule has 3 unspecified atom stereocenters. The number of nitrogens with one attached hydrogen (secondary N) is 1. The molecule has 0 aliphatic rings. The zero-order chi connectivity index (χ0) is 23.0. The SMILES string of the molecule is CCCCCC(O)C(O)C(Cc1ccccc1)NC(=O)c1csc(N(C)S(C)(=O)=O)n1. The minimum Gasteiger partial charge on any atom is -0.390 e. The van der Waals surface area contributed by atoms with E-state index in [1.807, 2.05) is 30.3 Å². The molecule has 0 saturated carbocycles. The van der Waals surface area contributed by atoms with Crippen LogP contribution in [0.1, 0.15) is 48.7 Å². The van der Waals surface area contributed by atoms with Crippen molar-refractivity contribution in [3.63, 3.8) is 0 Å². The van der Waals surface area contributed by atoms with Crippen molar-refractivity contribution in [2.45, 2.75) is 57.3 Å². The summed E-state index contributed by atoms with van der Waals surface area (Å²) in [5, 5.41) is 25.6. The monoisotopic (exact) mass is 469 g/mol. The number of aliphatic hydroxyl groups excluding tert-OH is 2. The molecule has 10 heteroatoms. The van der Waals surface area contributed by atoms with Gasteiger partial charge in [0.25, 0.3) is 5.91 Å². The van der Waals surface area contributed by atoms with Gasteiger partial charge in [0.1, 0.15) is 11.8 Å². The lowest BCUT2D eigenvalue weighted by atomic mass is 9.95. The molecule has 1 heterocycles. The van der Waals surface area contributed by atoms with Gasteiger partial charge in [0, 0.05) is 12.4 Å². The van der Waals surface area contributed by atoms with Gasteiger partial charge in [-0.05, 0) is 18.4 Å². The van der Waals surface area contributed by atoms with Crippen LogP contribution in [0.3, 0.4) is 0 Å². The maximum atomic E-state index is 12.8. The first kappa shape index (κ1) is 25.3. The lowest BCUT2D eigenvalue weighted by Gasteiger charge is -2.28. The highest BCUT2D eigenvalue weighted by Crippen LogP contribution is 2.22. The number of amides is 1. The van der Waals surface area contributed by atoms with Crippen LogP contribution in [0.25, 0.3) is 0 Å². The maximum absolute atomic E-state index is 12.8. The van der Waals surface area contributed by atoms with Gasteiger partial charge in [0.2, 0.25) is 10.0 Å². The van der Waals surface area contributed by atoms with Crippen LogP contribution in [-0.4, -0.2) is 61.1 Å². The Bertz CT molecular complexity index is 934. The maximum Gasteiger partial charge on any atom is 0.271 e. The van der Waals surface area contributed by atoms with Crippen molar-refractivity contribution in [3.05, 3.63) is 47.0 Å². The van der Waals surface area contributed by atoms with E-state index >= 15 is 0 Å². The summed E-state index contributed by atoms with van der Waals surface area (Å²) >= 11 is 1.04. The van der Waals surface area contributed by atoms with Crippen molar-refractivity contribution >= 4 is 32.4 Å². The average molecular weight is 470 g/mol. The van der Waals surface area contributed by atoms with Crippen molar-refractivity contribution in [1.29, 1.82) is 0 Å². The number of thiazole rings is 1. The van der Waals surface area contributed by atoms with Crippen LogP contribution in [0.2, 0.25) is 0 Å². The van der Waals surface area contributed by atoms with E-state index in [2.05, 4.69) is 17.2 Å². The van der Waals surface area contributed by atoms with E-state index in [-0.39, 0.29) is 10.8 Å². The van der Waals surface area contributed by atoms with Gasteiger partial charge in [-0.25, -0.2) is 17.7 Å². The number of sulfonamides is 1. The number of hydrogen-bond donors (Lipinski definition) is 3. The molecule has 0 saturated heterocycles. The van der Waals surface area contributed by atoms with Crippen LogP contribution in [0.4, 0.5) is 5.13 Å². The molecule has 1 aromatic heterocycles. The first-order valence-electron chi connectivity index (χ1n) is 10.2. The van der Waals surface area contributed by atoms with Crippen LogP contribution in [0, 0.1) is 0 Å². The molecule has 2 rings (SSSR count). The number of hydrogen-bond acceptors (Lipinski definition) is 7. The van der Waals surface area contributed by atoms with Crippen molar-refractivity contribution < 1.29 is 23.4 Å². The minimum atomic E-state index is -3.49. The second-order valence-electron chi connectivity index (χ2n) is 7.57. The molecule has 8 nitrogen and oxygen atoms in total. The molecule has 0 aliphatic heterocycles. The molecule has 0 radical (unpaired) electrons. The van der Waals surface area contributed by atoms with E-state index < -0.39 is 34.2 Å². The van der Waals surface area contributed by atoms with Crippen molar-refractivity contribution in [2.24, 2.45) is 0 Å². The Morgan fingerprint density at radius 3 is 2.52 bits per heavy atom. The average Bonchev–Trinajstić information content (AvgIpc) is 3.22. The van der Waals surface area contributed by atoms with Gasteiger partial charge in [-0.15, -0.1) is 11.3 Å². The van der Waals surface area contributed by atoms with E-state index in [9.17, 15) is 23.4 Å². The molecule has 31 heavy (non-hydrogen) atoms. The number of nitrogens with zero attached hydrogens (tertiary/aromatic N) is 2. The summed E-state index contributed by atoms with van der Waals surface area (Å²) in [6.45, 7) is 2.06. The Hall–Kier alpha value is -2.01. The molecule has 2 aromatic rings. The summed E-state index contributed by atoms with van der Waals surface area (Å²) in [7, 11) is -2.13. The summed E-state index contributed by atoms with van der Waals surface area (Å²) < 4.78 is 24.4. The van der Waals surface area contributed by atoms with Gasteiger partial charge in [0.05, 0.1) is 18.4 Å². The third kappa shape index (κ3) is 7.57. The van der Waals surface area contributed by atoms with E-state index in [4.69, 9.17) is 0 Å². The third-order valence-corrected chi connectivity index (χ3v) is 7.22. The topological polar surface area (TPSA) is 120 Å². The summed E-state index contributed by atoms with van der Waals surface area (Å²) in [6.07, 6.45) is 2.44. The highest BCUT2D eigenvalue weighted by molar-refractivity contribution is 7.92. The molecular formula is C21H31N3O5S2. The molecule has 1 aromatic carbocycles. The number of aliphatic hydroxyl groups is 2. The lowest BCUT2D eigenvalue weighted by molar-refractivity contribution is -0.00833. The Balaban J connectivity index is 2.16. The third-order valence-electron chi connectivity index (χ3n) is 5.02. The molecule has 0 aliphatic carbocycles. The number of anilines is 1. The lowest BCUT2D eigenvalue weighted by Crippen LogP contribution is -2.49. The van der Waals surface area contributed by atoms with Gasteiger partial charge in [-0.1, -0.05) is 56.5 Å². The van der Waals surface area contributed by atoms with Gasteiger partial charge >= 0.3 is 0 Å². The van der Waals surface area contributed by atoms with Crippen LogP contribution in [-0.2, 0) is 16.4 Å². The number of benzene rings is 1. The largest absolute Gasteiger partial charge is 0.390 e.